The van der Waals surface area contributed by atoms with Crippen molar-refractivity contribution in [3.63, 3.8) is 0 Å². The van der Waals surface area contributed by atoms with E-state index >= 15 is 0 Å². The van der Waals surface area contributed by atoms with E-state index in [-0.39, 0.29) is 28.4 Å². The van der Waals surface area contributed by atoms with Gasteiger partial charge in [-0.3, -0.25) is 4.79 Å². The van der Waals surface area contributed by atoms with Gasteiger partial charge in [0.05, 0.1) is 24.5 Å². The van der Waals surface area contributed by atoms with Crippen LogP contribution in [0.5, 0.6) is 17.2 Å². The average Bonchev–Trinajstić information content (AvgIpc) is 2.75. The zero-order valence-corrected chi connectivity index (χ0v) is 15.8. The van der Waals surface area contributed by atoms with E-state index in [2.05, 4.69) is 10.5 Å². The third-order valence-corrected chi connectivity index (χ3v) is 4.00. The van der Waals surface area contributed by atoms with Gasteiger partial charge in [0.15, 0.2) is 11.5 Å². The summed E-state index contributed by atoms with van der Waals surface area (Å²) in [5.74, 6) is -1.41. The molecular formula is C22H17FN2O5. The van der Waals surface area contributed by atoms with E-state index in [1.54, 1.807) is 24.3 Å². The molecule has 7 nitrogen and oxygen atoms in total. The smallest absolute Gasteiger partial charge is 0.343 e. The predicted molar refractivity (Wildman–Crippen MR) is 108 cm³/mol. The Morgan fingerprint density at radius 1 is 1.03 bits per heavy atom. The lowest BCUT2D eigenvalue weighted by atomic mass is 10.2. The number of carbonyl (C=O) groups is 2. The van der Waals surface area contributed by atoms with Gasteiger partial charge in [0.1, 0.15) is 11.6 Å². The highest BCUT2D eigenvalue weighted by Crippen LogP contribution is 2.28. The van der Waals surface area contributed by atoms with Crippen LogP contribution < -0.4 is 14.9 Å². The Morgan fingerprint density at radius 2 is 1.77 bits per heavy atom. The molecule has 0 saturated heterocycles. The predicted octanol–water partition coefficient (Wildman–Crippen LogP) is 3.52. The molecule has 0 spiro atoms. The Hall–Kier alpha value is -4.20. The Kier molecular flexibility index (Phi) is 6.39. The number of amides is 1. The number of para-hydroxylation sites is 1. The van der Waals surface area contributed by atoms with Gasteiger partial charge in [-0.2, -0.15) is 5.10 Å². The number of esters is 1. The second-order valence-corrected chi connectivity index (χ2v) is 6.02. The van der Waals surface area contributed by atoms with Crippen molar-refractivity contribution in [2.75, 3.05) is 7.11 Å². The van der Waals surface area contributed by atoms with Gasteiger partial charge in [-0.1, -0.05) is 12.1 Å². The summed E-state index contributed by atoms with van der Waals surface area (Å²) in [7, 11) is 1.41. The van der Waals surface area contributed by atoms with Crippen LogP contribution in [0.15, 0.2) is 71.8 Å². The lowest BCUT2D eigenvalue weighted by Crippen LogP contribution is -2.17. The molecule has 0 aliphatic heterocycles. The molecule has 3 aromatic rings. The van der Waals surface area contributed by atoms with Gasteiger partial charge in [-0.05, 0) is 60.2 Å². The summed E-state index contributed by atoms with van der Waals surface area (Å²) in [5, 5.41) is 13.5. The summed E-state index contributed by atoms with van der Waals surface area (Å²) < 4.78 is 23.5. The molecule has 1 amide bonds. The molecule has 8 heteroatoms. The summed E-state index contributed by atoms with van der Waals surface area (Å²) in [5.41, 5.74) is 3.16. The van der Waals surface area contributed by atoms with Crippen molar-refractivity contribution in [1.82, 2.24) is 5.43 Å². The van der Waals surface area contributed by atoms with E-state index in [0.29, 0.717) is 5.56 Å². The molecular weight excluding hydrogens is 391 g/mol. The molecule has 0 aliphatic carbocycles. The number of aromatic hydroxyl groups is 1. The number of hydrogen-bond acceptors (Lipinski definition) is 6. The van der Waals surface area contributed by atoms with Crippen molar-refractivity contribution in [1.29, 1.82) is 0 Å². The maximum absolute atomic E-state index is 13.0. The largest absolute Gasteiger partial charge is 0.507 e. The summed E-state index contributed by atoms with van der Waals surface area (Å²) in [6.07, 6.45) is 1.37. The first kappa shape index (κ1) is 20.5. The molecule has 0 aliphatic rings. The van der Waals surface area contributed by atoms with E-state index < -0.39 is 17.7 Å². The number of ether oxygens (including phenoxy) is 2. The maximum Gasteiger partial charge on any atom is 0.343 e. The minimum Gasteiger partial charge on any atom is -0.507 e. The number of benzene rings is 3. The zero-order valence-electron chi connectivity index (χ0n) is 15.8. The topological polar surface area (TPSA) is 97.2 Å². The molecule has 0 heterocycles. The monoisotopic (exact) mass is 408 g/mol. The summed E-state index contributed by atoms with van der Waals surface area (Å²) in [4.78, 5) is 24.2. The standard InChI is InChI=1S/C22H17FN2O5/c1-29-20-12-14(13-24-25-21(27)17-4-2-3-5-18(17)26)6-11-19(20)30-22(28)15-7-9-16(23)10-8-15/h2-13,26H,1H3,(H,25,27)/b24-13+. The van der Waals surface area contributed by atoms with E-state index in [1.807, 2.05) is 0 Å². The van der Waals surface area contributed by atoms with E-state index in [4.69, 9.17) is 9.47 Å². The minimum absolute atomic E-state index is 0.0929. The van der Waals surface area contributed by atoms with Gasteiger partial charge in [0.25, 0.3) is 5.91 Å². The maximum atomic E-state index is 13.0. The first-order valence-corrected chi connectivity index (χ1v) is 8.75. The van der Waals surface area contributed by atoms with E-state index in [0.717, 1.165) is 12.1 Å². The number of carbonyl (C=O) groups excluding carboxylic acids is 2. The molecule has 0 fully saturated rings. The third kappa shape index (κ3) is 4.99. The van der Waals surface area contributed by atoms with Crippen LogP contribution in [0.4, 0.5) is 4.39 Å². The van der Waals surface area contributed by atoms with Crippen LogP contribution >= 0.6 is 0 Å². The lowest BCUT2D eigenvalue weighted by molar-refractivity contribution is 0.0729. The zero-order chi connectivity index (χ0) is 21.5. The number of methoxy groups -OCH3 is 1. The molecule has 0 atom stereocenters. The fourth-order valence-corrected chi connectivity index (χ4v) is 2.48. The van der Waals surface area contributed by atoms with Gasteiger partial charge < -0.3 is 14.6 Å². The molecule has 152 valence electrons. The van der Waals surface area contributed by atoms with E-state index in [9.17, 15) is 19.1 Å². The SMILES string of the molecule is COc1cc(/C=N/NC(=O)c2ccccc2O)ccc1OC(=O)c1ccc(F)cc1. The minimum atomic E-state index is -0.662. The van der Waals surface area contributed by atoms with Crippen molar-refractivity contribution < 1.29 is 28.6 Å². The molecule has 0 saturated carbocycles. The second kappa shape index (κ2) is 9.33. The van der Waals surface area contributed by atoms with Gasteiger partial charge in [0, 0.05) is 0 Å². The van der Waals surface area contributed by atoms with Gasteiger partial charge in [-0.15, -0.1) is 0 Å². The average molecular weight is 408 g/mol. The molecule has 30 heavy (non-hydrogen) atoms. The van der Waals surface area contributed by atoms with Crippen LogP contribution in [-0.4, -0.2) is 30.3 Å². The molecule has 0 bridgehead atoms. The first-order chi connectivity index (χ1) is 14.5. The normalized spacial score (nSPS) is 10.6. The number of halogens is 1. The molecule has 2 N–H and O–H groups in total. The van der Waals surface area contributed by atoms with Gasteiger partial charge in [0.2, 0.25) is 0 Å². The first-order valence-electron chi connectivity index (χ1n) is 8.75. The molecule has 3 rings (SSSR count). The van der Waals surface area contributed by atoms with Crippen LogP contribution in [-0.2, 0) is 0 Å². The number of phenolic OH excluding ortho intramolecular Hbond substituents is 1. The highest BCUT2D eigenvalue weighted by Gasteiger charge is 2.13. The lowest BCUT2D eigenvalue weighted by Gasteiger charge is -2.10. The Morgan fingerprint density at radius 3 is 2.47 bits per heavy atom. The number of phenols is 1. The Bertz CT molecular complexity index is 1100. The Balaban J connectivity index is 1.68. The Labute approximate surface area is 171 Å². The molecule has 3 aromatic carbocycles. The number of hydrogen-bond donors (Lipinski definition) is 2. The van der Waals surface area contributed by atoms with Crippen molar-refractivity contribution in [3.05, 3.63) is 89.2 Å². The fraction of sp³-hybridized carbons (Fsp3) is 0.0455. The third-order valence-electron chi connectivity index (χ3n) is 4.00. The van der Waals surface area contributed by atoms with Crippen LogP contribution in [0.2, 0.25) is 0 Å². The van der Waals surface area contributed by atoms with Crippen molar-refractivity contribution in [2.24, 2.45) is 5.10 Å². The van der Waals surface area contributed by atoms with Gasteiger partial charge >= 0.3 is 5.97 Å². The fourth-order valence-electron chi connectivity index (χ4n) is 2.48. The van der Waals surface area contributed by atoms with Gasteiger partial charge in [-0.25, -0.2) is 14.6 Å². The highest BCUT2D eigenvalue weighted by atomic mass is 19.1. The summed E-state index contributed by atoms with van der Waals surface area (Å²) in [6.45, 7) is 0. The second-order valence-electron chi connectivity index (χ2n) is 6.02. The number of nitrogens with one attached hydrogen (secondary N) is 1. The van der Waals surface area contributed by atoms with Crippen LogP contribution in [0.1, 0.15) is 26.3 Å². The van der Waals surface area contributed by atoms with Crippen LogP contribution in [0.25, 0.3) is 0 Å². The van der Waals surface area contributed by atoms with E-state index in [1.165, 1.54) is 43.7 Å². The quantitative estimate of drug-likeness (QED) is 0.282. The molecule has 0 radical (unpaired) electrons. The molecule has 0 unspecified atom stereocenters. The van der Waals surface area contributed by atoms with Crippen molar-refractivity contribution in [2.45, 2.75) is 0 Å². The summed E-state index contributed by atoms with van der Waals surface area (Å²) in [6, 6.07) is 15.7. The number of nitrogens with zero attached hydrogens (tertiary/aromatic N) is 1. The van der Waals surface area contributed by atoms with Crippen LogP contribution in [0, 0.1) is 5.82 Å². The van der Waals surface area contributed by atoms with Crippen molar-refractivity contribution >= 4 is 18.1 Å². The number of hydrazone groups is 1. The highest BCUT2D eigenvalue weighted by molar-refractivity contribution is 5.97. The van der Waals surface area contributed by atoms with Crippen LogP contribution in [0.3, 0.4) is 0 Å². The number of rotatable bonds is 6. The molecule has 0 aromatic heterocycles. The van der Waals surface area contributed by atoms with Crippen molar-refractivity contribution in [3.8, 4) is 17.2 Å². The summed E-state index contributed by atoms with van der Waals surface area (Å²) >= 11 is 0.